The number of unbranched alkanes of at least 4 members (excludes halogenated alkanes) is 4. The predicted molar refractivity (Wildman–Crippen MR) is 80.4 cm³/mol. The van der Waals surface area contributed by atoms with E-state index >= 15 is 0 Å². The summed E-state index contributed by atoms with van der Waals surface area (Å²) >= 11 is 0. The standard InChI is InChI=1S/C16H32O3/c1-4-7-9-12-18-15(11-6-3)16(14-17)19-13-10-8-5-2/h6,15-17H,3-5,7-14H2,1-2H3. The number of aliphatic hydroxyl groups is 1. The molecule has 3 heteroatoms. The van der Waals surface area contributed by atoms with Gasteiger partial charge in [0.15, 0.2) is 0 Å². The maximum atomic E-state index is 9.44. The van der Waals surface area contributed by atoms with E-state index in [9.17, 15) is 5.11 Å². The Balaban J connectivity index is 4.01. The van der Waals surface area contributed by atoms with Gasteiger partial charge in [-0.1, -0.05) is 45.6 Å². The summed E-state index contributed by atoms with van der Waals surface area (Å²) in [5.41, 5.74) is 0. The molecule has 0 bridgehead atoms. The highest BCUT2D eigenvalue weighted by Crippen LogP contribution is 2.11. The fraction of sp³-hybridized carbons (Fsp3) is 0.875. The van der Waals surface area contributed by atoms with Gasteiger partial charge in [0.1, 0.15) is 6.10 Å². The first-order chi connectivity index (χ1) is 9.29. The maximum Gasteiger partial charge on any atom is 0.107 e. The number of aliphatic hydroxyl groups excluding tert-OH is 1. The first kappa shape index (κ1) is 18.6. The van der Waals surface area contributed by atoms with Crippen LogP contribution in [0.2, 0.25) is 0 Å². The summed E-state index contributed by atoms with van der Waals surface area (Å²) in [5.74, 6) is 0. The summed E-state index contributed by atoms with van der Waals surface area (Å²) < 4.78 is 11.6. The predicted octanol–water partition coefficient (Wildman–Crippen LogP) is 3.71. The van der Waals surface area contributed by atoms with E-state index in [0.29, 0.717) is 6.61 Å². The van der Waals surface area contributed by atoms with E-state index in [2.05, 4.69) is 20.4 Å². The van der Waals surface area contributed by atoms with Gasteiger partial charge in [-0.25, -0.2) is 0 Å². The zero-order valence-corrected chi connectivity index (χ0v) is 12.8. The minimum Gasteiger partial charge on any atom is -0.394 e. The van der Waals surface area contributed by atoms with Crippen molar-refractivity contribution in [2.75, 3.05) is 19.8 Å². The van der Waals surface area contributed by atoms with Gasteiger partial charge in [0.05, 0.1) is 12.7 Å². The van der Waals surface area contributed by atoms with Gasteiger partial charge in [0.25, 0.3) is 0 Å². The molecule has 0 saturated heterocycles. The van der Waals surface area contributed by atoms with E-state index in [4.69, 9.17) is 9.47 Å². The van der Waals surface area contributed by atoms with Gasteiger partial charge in [0.2, 0.25) is 0 Å². The third kappa shape index (κ3) is 10.1. The topological polar surface area (TPSA) is 38.7 Å². The molecule has 0 saturated carbocycles. The van der Waals surface area contributed by atoms with Crippen LogP contribution in [0, 0.1) is 0 Å². The van der Waals surface area contributed by atoms with Gasteiger partial charge in [0, 0.05) is 13.2 Å². The van der Waals surface area contributed by atoms with E-state index in [1.165, 1.54) is 25.7 Å². The Hall–Kier alpha value is -0.380. The largest absolute Gasteiger partial charge is 0.394 e. The molecule has 2 atom stereocenters. The Morgan fingerprint density at radius 2 is 1.47 bits per heavy atom. The van der Waals surface area contributed by atoms with Crippen LogP contribution in [0.25, 0.3) is 0 Å². The second kappa shape index (κ2) is 14.0. The Kier molecular flexibility index (Phi) is 13.8. The highest BCUT2D eigenvalue weighted by molar-refractivity contribution is 4.79. The van der Waals surface area contributed by atoms with Crippen molar-refractivity contribution in [1.29, 1.82) is 0 Å². The first-order valence-electron chi connectivity index (χ1n) is 7.75. The molecule has 0 amide bonds. The first-order valence-corrected chi connectivity index (χ1v) is 7.75. The zero-order valence-electron chi connectivity index (χ0n) is 12.8. The van der Waals surface area contributed by atoms with Crippen molar-refractivity contribution in [2.45, 2.75) is 71.0 Å². The van der Waals surface area contributed by atoms with Crippen LogP contribution < -0.4 is 0 Å². The number of hydrogen-bond acceptors (Lipinski definition) is 3. The molecule has 1 N–H and O–H groups in total. The quantitative estimate of drug-likeness (QED) is 0.387. The van der Waals surface area contributed by atoms with Crippen molar-refractivity contribution in [3.8, 4) is 0 Å². The Labute approximate surface area is 119 Å². The minimum absolute atomic E-state index is 0.0123. The highest BCUT2D eigenvalue weighted by Gasteiger charge is 2.20. The molecule has 0 radical (unpaired) electrons. The van der Waals surface area contributed by atoms with E-state index in [1.54, 1.807) is 0 Å². The molecular weight excluding hydrogens is 240 g/mol. The average Bonchev–Trinajstić information content (AvgIpc) is 2.43. The molecular formula is C16H32O3. The van der Waals surface area contributed by atoms with Crippen LogP contribution in [-0.2, 0) is 9.47 Å². The molecule has 0 aromatic carbocycles. The number of rotatable bonds is 14. The molecule has 0 spiro atoms. The molecule has 3 nitrogen and oxygen atoms in total. The molecule has 0 aromatic heterocycles. The molecule has 114 valence electrons. The minimum atomic E-state index is -0.225. The SMILES string of the molecule is C=CCC(OCCCCC)C(CO)OCCCCC. The van der Waals surface area contributed by atoms with Gasteiger partial charge in [-0.15, -0.1) is 6.58 Å². The van der Waals surface area contributed by atoms with Crippen molar-refractivity contribution >= 4 is 0 Å². The zero-order chi connectivity index (χ0) is 14.3. The van der Waals surface area contributed by atoms with Gasteiger partial charge in [-0.05, 0) is 19.3 Å². The van der Waals surface area contributed by atoms with Crippen LogP contribution in [0.1, 0.15) is 58.8 Å². The van der Waals surface area contributed by atoms with Gasteiger partial charge in [-0.3, -0.25) is 0 Å². The normalized spacial score (nSPS) is 14.3. The molecule has 2 unspecified atom stereocenters. The van der Waals surface area contributed by atoms with Crippen LogP contribution in [0.5, 0.6) is 0 Å². The molecule has 0 aromatic rings. The maximum absolute atomic E-state index is 9.44. The van der Waals surface area contributed by atoms with Gasteiger partial charge in [-0.2, -0.15) is 0 Å². The van der Waals surface area contributed by atoms with Crippen molar-refractivity contribution in [3.05, 3.63) is 12.7 Å². The fourth-order valence-electron chi connectivity index (χ4n) is 1.94. The number of hydrogen-bond donors (Lipinski definition) is 1. The monoisotopic (exact) mass is 272 g/mol. The smallest absolute Gasteiger partial charge is 0.107 e. The van der Waals surface area contributed by atoms with Crippen LogP contribution in [0.4, 0.5) is 0 Å². The van der Waals surface area contributed by atoms with Crippen molar-refractivity contribution in [1.82, 2.24) is 0 Å². The van der Waals surface area contributed by atoms with Crippen molar-refractivity contribution in [2.24, 2.45) is 0 Å². The Morgan fingerprint density at radius 1 is 0.947 bits per heavy atom. The van der Waals surface area contributed by atoms with E-state index in [-0.39, 0.29) is 18.8 Å². The second-order valence-electron chi connectivity index (χ2n) is 4.94. The molecule has 0 aliphatic rings. The van der Waals surface area contributed by atoms with Crippen LogP contribution in [0.15, 0.2) is 12.7 Å². The molecule has 19 heavy (non-hydrogen) atoms. The molecule has 0 rings (SSSR count). The molecule has 0 aliphatic carbocycles. The third-order valence-electron chi connectivity index (χ3n) is 3.15. The van der Waals surface area contributed by atoms with E-state index in [0.717, 1.165) is 25.9 Å². The van der Waals surface area contributed by atoms with E-state index in [1.807, 2.05) is 6.08 Å². The summed E-state index contributed by atoms with van der Waals surface area (Å²) in [6.45, 7) is 9.55. The fourth-order valence-corrected chi connectivity index (χ4v) is 1.94. The van der Waals surface area contributed by atoms with Crippen molar-refractivity contribution < 1.29 is 14.6 Å². The van der Waals surface area contributed by atoms with Gasteiger partial charge >= 0.3 is 0 Å². The molecule has 0 aliphatic heterocycles. The lowest BCUT2D eigenvalue weighted by atomic mass is 10.1. The lowest BCUT2D eigenvalue weighted by molar-refractivity contribution is -0.0922. The van der Waals surface area contributed by atoms with Crippen LogP contribution in [0.3, 0.4) is 0 Å². The summed E-state index contributed by atoms with van der Waals surface area (Å²) in [6.07, 6.45) is 9.10. The Bertz CT molecular complexity index is 194. The highest BCUT2D eigenvalue weighted by atomic mass is 16.5. The third-order valence-corrected chi connectivity index (χ3v) is 3.15. The van der Waals surface area contributed by atoms with E-state index < -0.39 is 0 Å². The van der Waals surface area contributed by atoms with Crippen LogP contribution >= 0.6 is 0 Å². The van der Waals surface area contributed by atoms with Crippen molar-refractivity contribution in [3.63, 3.8) is 0 Å². The summed E-state index contributed by atoms with van der Waals surface area (Å²) in [4.78, 5) is 0. The lowest BCUT2D eigenvalue weighted by Gasteiger charge is -2.25. The molecule has 0 fully saturated rings. The Morgan fingerprint density at radius 3 is 1.89 bits per heavy atom. The van der Waals surface area contributed by atoms with Gasteiger partial charge < -0.3 is 14.6 Å². The second-order valence-corrected chi connectivity index (χ2v) is 4.94. The van der Waals surface area contributed by atoms with Crippen LogP contribution in [-0.4, -0.2) is 37.1 Å². The average molecular weight is 272 g/mol. The summed E-state index contributed by atoms with van der Waals surface area (Å²) in [5, 5.41) is 9.44. The lowest BCUT2D eigenvalue weighted by Crippen LogP contribution is -2.35. The molecule has 0 heterocycles. The summed E-state index contributed by atoms with van der Waals surface area (Å²) in [6, 6.07) is 0. The summed E-state index contributed by atoms with van der Waals surface area (Å²) in [7, 11) is 0. The number of ether oxygens (including phenoxy) is 2.